The van der Waals surface area contributed by atoms with E-state index in [4.69, 9.17) is 9.84 Å². The van der Waals surface area contributed by atoms with E-state index in [0.29, 0.717) is 6.61 Å². The van der Waals surface area contributed by atoms with Gasteiger partial charge in [-0.05, 0) is 31.0 Å². The van der Waals surface area contributed by atoms with Crippen molar-refractivity contribution >= 4 is 11.3 Å². The molecular formula is C14H17NO2S. The molecule has 0 aliphatic rings. The molecule has 0 spiro atoms. The molecule has 96 valence electrons. The molecule has 1 N–H and O–H groups in total. The van der Waals surface area contributed by atoms with Gasteiger partial charge in [-0.15, -0.1) is 11.3 Å². The van der Waals surface area contributed by atoms with Crippen molar-refractivity contribution in [1.82, 2.24) is 4.98 Å². The van der Waals surface area contributed by atoms with Crippen LogP contribution in [0.25, 0.3) is 0 Å². The number of hydrogen-bond donors (Lipinski definition) is 1. The van der Waals surface area contributed by atoms with E-state index in [2.05, 4.69) is 24.9 Å². The van der Waals surface area contributed by atoms with Crippen LogP contribution in [0.4, 0.5) is 0 Å². The van der Waals surface area contributed by atoms with Crippen LogP contribution < -0.4 is 4.74 Å². The molecule has 0 atom stereocenters. The van der Waals surface area contributed by atoms with E-state index in [0.717, 1.165) is 22.1 Å². The lowest BCUT2D eigenvalue weighted by Gasteiger charge is -2.09. The first-order valence-corrected chi connectivity index (χ1v) is 6.76. The Labute approximate surface area is 111 Å². The molecule has 3 nitrogen and oxygen atoms in total. The number of aromatic nitrogens is 1. The zero-order valence-corrected chi connectivity index (χ0v) is 11.5. The maximum absolute atomic E-state index is 8.96. The van der Waals surface area contributed by atoms with Crippen LogP contribution in [0.2, 0.25) is 0 Å². The fraction of sp³-hybridized carbons (Fsp3) is 0.357. The molecule has 0 aliphatic carbocycles. The molecule has 1 heterocycles. The Kier molecular flexibility index (Phi) is 4.33. The van der Waals surface area contributed by atoms with Gasteiger partial charge in [0.1, 0.15) is 5.75 Å². The molecule has 2 aromatic rings. The molecule has 0 radical (unpaired) electrons. The molecule has 0 amide bonds. The van der Waals surface area contributed by atoms with Crippen LogP contribution >= 0.6 is 11.3 Å². The highest BCUT2D eigenvalue weighted by Crippen LogP contribution is 2.21. The molecular weight excluding hydrogens is 246 g/mol. The molecule has 18 heavy (non-hydrogen) atoms. The van der Waals surface area contributed by atoms with Gasteiger partial charge in [0.25, 0.3) is 0 Å². The van der Waals surface area contributed by atoms with E-state index < -0.39 is 0 Å². The van der Waals surface area contributed by atoms with Crippen molar-refractivity contribution < 1.29 is 9.84 Å². The monoisotopic (exact) mass is 263 g/mol. The molecule has 0 saturated carbocycles. The predicted octanol–water partition coefficient (Wildman–Crippen LogP) is 2.87. The third-order valence-electron chi connectivity index (χ3n) is 2.89. The van der Waals surface area contributed by atoms with Gasteiger partial charge >= 0.3 is 0 Å². The summed E-state index contributed by atoms with van der Waals surface area (Å²) in [6, 6.07) is 6.07. The summed E-state index contributed by atoms with van der Waals surface area (Å²) >= 11 is 1.53. The van der Waals surface area contributed by atoms with Crippen molar-refractivity contribution in [3.05, 3.63) is 45.4 Å². The lowest BCUT2D eigenvalue weighted by molar-refractivity contribution is 0.285. The van der Waals surface area contributed by atoms with E-state index in [1.54, 1.807) is 6.20 Å². The van der Waals surface area contributed by atoms with Gasteiger partial charge in [-0.25, -0.2) is 4.98 Å². The molecule has 0 saturated heterocycles. The summed E-state index contributed by atoms with van der Waals surface area (Å²) in [5, 5.41) is 9.96. The van der Waals surface area contributed by atoms with Gasteiger partial charge < -0.3 is 9.84 Å². The molecule has 4 heteroatoms. The van der Waals surface area contributed by atoms with Gasteiger partial charge in [0, 0.05) is 12.6 Å². The smallest absolute Gasteiger partial charge is 0.122 e. The van der Waals surface area contributed by atoms with Crippen molar-refractivity contribution in [2.75, 3.05) is 6.61 Å². The fourth-order valence-corrected chi connectivity index (χ4v) is 2.43. The van der Waals surface area contributed by atoms with Crippen LogP contribution in [-0.2, 0) is 13.0 Å². The lowest BCUT2D eigenvalue weighted by atomic mass is 10.1. The summed E-state index contributed by atoms with van der Waals surface area (Å²) in [5.41, 5.74) is 2.43. The van der Waals surface area contributed by atoms with Crippen LogP contribution in [0.3, 0.4) is 0 Å². The molecule has 0 fully saturated rings. The van der Waals surface area contributed by atoms with Gasteiger partial charge in [-0.3, -0.25) is 0 Å². The van der Waals surface area contributed by atoms with Crippen molar-refractivity contribution in [3.8, 4) is 5.75 Å². The molecule has 2 rings (SSSR count). The largest absolute Gasteiger partial charge is 0.493 e. The number of nitrogens with zero attached hydrogens (tertiary/aromatic N) is 1. The van der Waals surface area contributed by atoms with Gasteiger partial charge in [0.2, 0.25) is 0 Å². The van der Waals surface area contributed by atoms with Gasteiger partial charge in [-0.1, -0.05) is 12.1 Å². The molecule has 1 aromatic carbocycles. The second kappa shape index (κ2) is 5.98. The van der Waals surface area contributed by atoms with Crippen molar-refractivity contribution in [1.29, 1.82) is 0 Å². The highest BCUT2D eigenvalue weighted by molar-refractivity contribution is 7.11. The Balaban J connectivity index is 1.90. The number of benzene rings is 1. The number of ether oxygens (including phenoxy) is 1. The minimum atomic E-state index is 0.0650. The van der Waals surface area contributed by atoms with Crippen LogP contribution in [0.5, 0.6) is 5.75 Å². The highest BCUT2D eigenvalue weighted by Gasteiger charge is 2.04. The molecule has 0 unspecified atom stereocenters. The van der Waals surface area contributed by atoms with Crippen molar-refractivity contribution in [2.24, 2.45) is 0 Å². The third kappa shape index (κ3) is 3.09. The second-order valence-corrected chi connectivity index (χ2v) is 5.37. The number of aliphatic hydroxyl groups is 1. The van der Waals surface area contributed by atoms with Crippen LogP contribution in [0.1, 0.15) is 21.0 Å². The topological polar surface area (TPSA) is 42.4 Å². The molecule has 1 aromatic heterocycles. The van der Waals surface area contributed by atoms with E-state index in [1.165, 1.54) is 22.5 Å². The Hall–Kier alpha value is -1.39. The third-order valence-corrected chi connectivity index (χ3v) is 3.93. The van der Waals surface area contributed by atoms with Crippen LogP contribution in [0, 0.1) is 13.8 Å². The molecule has 0 aliphatic heterocycles. The average Bonchev–Trinajstić information content (AvgIpc) is 2.82. The summed E-state index contributed by atoms with van der Waals surface area (Å²) in [6.45, 7) is 4.83. The van der Waals surface area contributed by atoms with E-state index in [-0.39, 0.29) is 6.61 Å². The van der Waals surface area contributed by atoms with Crippen LogP contribution in [0.15, 0.2) is 24.4 Å². The van der Waals surface area contributed by atoms with Gasteiger partial charge in [0.05, 0.1) is 23.1 Å². The summed E-state index contributed by atoms with van der Waals surface area (Å²) in [7, 11) is 0. The minimum Gasteiger partial charge on any atom is -0.493 e. The Morgan fingerprint density at radius 2 is 2.17 bits per heavy atom. The first-order valence-electron chi connectivity index (χ1n) is 5.94. The Morgan fingerprint density at radius 1 is 1.33 bits per heavy atom. The number of aryl methyl sites for hydroxylation is 1. The SMILES string of the molecule is Cc1cccc(OCCc2ncc(CO)s2)c1C. The van der Waals surface area contributed by atoms with Crippen molar-refractivity contribution in [3.63, 3.8) is 0 Å². The quantitative estimate of drug-likeness (QED) is 0.902. The summed E-state index contributed by atoms with van der Waals surface area (Å²) in [4.78, 5) is 5.14. The number of rotatable bonds is 5. The van der Waals surface area contributed by atoms with E-state index >= 15 is 0 Å². The summed E-state index contributed by atoms with van der Waals surface area (Å²) in [6.07, 6.45) is 2.50. The highest BCUT2D eigenvalue weighted by atomic mass is 32.1. The first kappa shape index (κ1) is 13.1. The number of thiazole rings is 1. The summed E-state index contributed by atoms with van der Waals surface area (Å²) in [5.74, 6) is 0.939. The number of hydrogen-bond acceptors (Lipinski definition) is 4. The maximum Gasteiger partial charge on any atom is 0.122 e. The zero-order valence-electron chi connectivity index (χ0n) is 10.6. The number of aliphatic hydroxyl groups excluding tert-OH is 1. The average molecular weight is 263 g/mol. The minimum absolute atomic E-state index is 0.0650. The standard InChI is InChI=1S/C14H17NO2S/c1-10-4-3-5-13(11(10)2)17-7-6-14-15-8-12(9-16)18-14/h3-5,8,16H,6-7,9H2,1-2H3. The Bertz CT molecular complexity index is 522. The lowest BCUT2D eigenvalue weighted by Crippen LogP contribution is -2.02. The van der Waals surface area contributed by atoms with Gasteiger partial charge in [0.15, 0.2) is 0 Å². The Morgan fingerprint density at radius 3 is 2.89 bits per heavy atom. The summed E-state index contributed by atoms with van der Waals surface area (Å²) < 4.78 is 5.77. The molecule has 0 bridgehead atoms. The van der Waals surface area contributed by atoms with Gasteiger partial charge in [-0.2, -0.15) is 0 Å². The maximum atomic E-state index is 8.96. The van der Waals surface area contributed by atoms with Crippen LogP contribution in [-0.4, -0.2) is 16.7 Å². The zero-order chi connectivity index (χ0) is 13.0. The van der Waals surface area contributed by atoms with Crippen molar-refractivity contribution in [2.45, 2.75) is 26.9 Å². The van der Waals surface area contributed by atoms with E-state index in [9.17, 15) is 0 Å². The first-order chi connectivity index (χ1) is 8.70. The predicted molar refractivity (Wildman–Crippen MR) is 73.2 cm³/mol. The second-order valence-electron chi connectivity index (χ2n) is 4.17. The fourth-order valence-electron chi connectivity index (χ4n) is 1.67. The normalized spacial score (nSPS) is 10.6. The van der Waals surface area contributed by atoms with E-state index in [1.807, 2.05) is 12.1 Å².